The van der Waals surface area contributed by atoms with Gasteiger partial charge in [0.1, 0.15) is 6.07 Å². The van der Waals surface area contributed by atoms with Crippen molar-refractivity contribution < 1.29 is 4.74 Å². The molecular formula is C9H7ClN2O. The molecule has 2 rings (SSSR count). The van der Waals surface area contributed by atoms with Gasteiger partial charge in [0, 0.05) is 6.20 Å². The number of pyridine rings is 1. The average molecular weight is 195 g/mol. The molecule has 1 aliphatic carbocycles. The molecule has 13 heavy (non-hydrogen) atoms. The molecule has 1 aromatic heterocycles. The Morgan fingerprint density at radius 2 is 2.38 bits per heavy atom. The minimum Gasteiger partial charge on any atom is -0.486 e. The predicted molar refractivity (Wildman–Crippen MR) is 47.6 cm³/mol. The molecule has 0 radical (unpaired) electrons. The predicted octanol–water partition coefficient (Wildman–Crippen LogP) is 2.15. The molecule has 3 nitrogen and oxygen atoms in total. The van der Waals surface area contributed by atoms with Crippen molar-refractivity contribution in [2.75, 3.05) is 0 Å². The third kappa shape index (κ3) is 1.73. The summed E-state index contributed by atoms with van der Waals surface area (Å²) in [5.41, 5.74) is 0.451. The number of nitrogens with zero attached hydrogens (tertiary/aromatic N) is 2. The van der Waals surface area contributed by atoms with Gasteiger partial charge in [-0.1, -0.05) is 11.6 Å². The summed E-state index contributed by atoms with van der Waals surface area (Å²) in [5, 5.41) is 9.03. The van der Waals surface area contributed by atoms with Crippen molar-refractivity contribution in [3.8, 4) is 11.8 Å². The van der Waals surface area contributed by atoms with E-state index in [2.05, 4.69) is 4.98 Å². The monoisotopic (exact) mass is 194 g/mol. The Kier molecular flexibility index (Phi) is 2.07. The molecule has 0 atom stereocenters. The first-order valence-electron chi connectivity index (χ1n) is 4.02. The van der Waals surface area contributed by atoms with Gasteiger partial charge in [-0.15, -0.1) is 0 Å². The molecule has 0 N–H and O–H groups in total. The van der Waals surface area contributed by atoms with Crippen molar-refractivity contribution in [2.24, 2.45) is 0 Å². The van der Waals surface area contributed by atoms with E-state index in [4.69, 9.17) is 21.6 Å². The molecule has 0 saturated heterocycles. The fourth-order valence-electron chi connectivity index (χ4n) is 0.975. The maximum Gasteiger partial charge on any atom is 0.174 e. The maximum atomic E-state index is 8.76. The Bertz CT molecular complexity index is 368. The zero-order valence-corrected chi connectivity index (χ0v) is 7.58. The van der Waals surface area contributed by atoms with E-state index in [0.717, 1.165) is 12.8 Å². The first kappa shape index (κ1) is 8.33. The molecule has 0 aliphatic heterocycles. The molecule has 1 aromatic rings. The van der Waals surface area contributed by atoms with Gasteiger partial charge in [0.05, 0.1) is 11.7 Å². The smallest absolute Gasteiger partial charge is 0.174 e. The maximum absolute atomic E-state index is 8.76. The van der Waals surface area contributed by atoms with Crippen LogP contribution in [0.5, 0.6) is 5.75 Å². The fourth-order valence-corrected chi connectivity index (χ4v) is 1.18. The summed E-state index contributed by atoms with van der Waals surface area (Å²) in [6.45, 7) is 0. The number of hydrogen-bond donors (Lipinski definition) is 0. The highest BCUT2D eigenvalue weighted by molar-refractivity contribution is 6.31. The van der Waals surface area contributed by atoms with Gasteiger partial charge in [-0.25, -0.2) is 4.98 Å². The van der Waals surface area contributed by atoms with Crippen LogP contribution in [-0.4, -0.2) is 11.1 Å². The van der Waals surface area contributed by atoms with Crippen LogP contribution in [-0.2, 0) is 0 Å². The highest BCUT2D eigenvalue weighted by Crippen LogP contribution is 2.32. The van der Waals surface area contributed by atoms with Crippen LogP contribution in [0.2, 0.25) is 5.15 Å². The van der Waals surface area contributed by atoms with E-state index in [9.17, 15) is 0 Å². The highest BCUT2D eigenvalue weighted by atomic mass is 35.5. The summed E-state index contributed by atoms with van der Waals surface area (Å²) in [4.78, 5) is 3.86. The average Bonchev–Trinajstić information content (AvgIpc) is 2.92. The summed E-state index contributed by atoms with van der Waals surface area (Å²) in [6, 6.07) is 3.62. The molecular weight excluding hydrogens is 188 g/mol. The molecule has 0 aromatic carbocycles. The second kappa shape index (κ2) is 3.23. The van der Waals surface area contributed by atoms with Gasteiger partial charge >= 0.3 is 0 Å². The lowest BCUT2D eigenvalue weighted by atomic mass is 10.3. The Balaban J connectivity index is 2.34. The van der Waals surface area contributed by atoms with Gasteiger partial charge in [-0.05, 0) is 18.9 Å². The topological polar surface area (TPSA) is 45.9 Å². The van der Waals surface area contributed by atoms with E-state index in [-0.39, 0.29) is 11.3 Å². The van der Waals surface area contributed by atoms with Gasteiger partial charge < -0.3 is 4.74 Å². The molecule has 0 spiro atoms. The molecule has 0 amide bonds. The van der Waals surface area contributed by atoms with Crippen molar-refractivity contribution in [1.82, 2.24) is 4.98 Å². The second-order valence-electron chi connectivity index (χ2n) is 2.91. The van der Waals surface area contributed by atoms with Gasteiger partial charge in [0.25, 0.3) is 0 Å². The quantitative estimate of drug-likeness (QED) is 0.678. The summed E-state index contributed by atoms with van der Waals surface area (Å²) in [5.74, 6) is 0.425. The molecule has 1 aliphatic rings. The van der Waals surface area contributed by atoms with E-state index < -0.39 is 0 Å². The van der Waals surface area contributed by atoms with Gasteiger partial charge in [0.15, 0.2) is 10.9 Å². The van der Waals surface area contributed by atoms with Crippen molar-refractivity contribution >= 4 is 11.6 Å². The van der Waals surface area contributed by atoms with Crippen molar-refractivity contribution in [2.45, 2.75) is 18.9 Å². The van der Waals surface area contributed by atoms with Crippen LogP contribution in [0, 0.1) is 11.3 Å². The van der Waals surface area contributed by atoms with E-state index in [1.807, 2.05) is 6.07 Å². The van der Waals surface area contributed by atoms with Crippen LogP contribution < -0.4 is 4.74 Å². The van der Waals surface area contributed by atoms with Crippen LogP contribution in [0.25, 0.3) is 0 Å². The molecule has 66 valence electrons. The van der Waals surface area contributed by atoms with Gasteiger partial charge in [-0.2, -0.15) is 5.26 Å². The SMILES string of the molecule is N#Cc1ccnc(Cl)c1OC1CC1. The van der Waals surface area contributed by atoms with Crippen molar-refractivity contribution in [3.63, 3.8) is 0 Å². The largest absolute Gasteiger partial charge is 0.486 e. The lowest BCUT2D eigenvalue weighted by Gasteiger charge is -2.06. The minimum atomic E-state index is 0.230. The first-order valence-corrected chi connectivity index (χ1v) is 4.40. The molecule has 1 saturated carbocycles. The highest BCUT2D eigenvalue weighted by Gasteiger charge is 2.26. The number of hydrogen-bond acceptors (Lipinski definition) is 3. The van der Waals surface area contributed by atoms with Crippen LogP contribution in [0.3, 0.4) is 0 Å². The van der Waals surface area contributed by atoms with E-state index >= 15 is 0 Å². The summed E-state index contributed by atoms with van der Waals surface area (Å²) in [7, 11) is 0. The Labute approximate surface area is 80.9 Å². The number of rotatable bonds is 2. The van der Waals surface area contributed by atoms with Gasteiger partial charge in [0.2, 0.25) is 0 Å². The normalized spacial score (nSPS) is 15.1. The summed E-state index contributed by atoms with van der Waals surface area (Å²) >= 11 is 5.79. The fraction of sp³-hybridized carbons (Fsp3) is 0.333. The van der Waals surface area contributed by atoms with Crippen LogP contribution in [0.15, 0.2) is 12.3 Å². The number of ether oxygens (including phenoxy) is 1. The number of halogens is 1. The number of nitriles is 1. The van der Waals surface area contributed by atoms with Gasteiger partial charge in [-0.3, -0.25) is 0 Å². The first-order chi connectivity index (χ1) is 6.31. The summed E-state index contributed by atoms with van der Waals surface area (Å²) in [6.07, 6.45) is 3.81. The molecule has 0 bridgehead atoms. The van der Waals surface area contributed by atoms with Crippen molar-refractivity contribution in [1.29, 1.82) is 5.26 Å². The second-order valence-corrected chi connectivity index (χ2v) is 3.27. The Morgan fingerprint density at radius 1 is 1.62 bits per heavy atom. The minimum absolute atomic E-state index is 0.230. The zero-order chi connectivity index (χ0) is 9.26. The molecule has 1 fully saturated rings. The lowest BCUT2D eigenvalue weighted by Crippen LogP contribution is -1.99. The molecule has 0 unspecified atom stereocenters. The van der Waals surface area contributed by atoms with E-state index in [1.54, 1.807) is 6.07 Å². The third-order valence-corrected chi connectivity index (χ3v) is 2.06. The van der Waals surface area contributed by atoms with Crippen LogP contribution in [0.4, 0.5) is 0 Å². The Hall–Kier alpha value is -1.27. The zero-order valence-electron chi connectivity index (χ0n) is 6.83. The van der Waals surface area contributed by atoms with E-state index in [0.29, 0.717) is 11.3 Å². The Morgan fingerprint density at radius 3 is 3.00 bits per heavy atom. The molecule has 4 heteroatoms. The third-order valence-electron chi connectivity index (χ3n) is 1.79. The summed E-state index contributed by atoms with van der Waals surface area (Å²) < 4.78 is 5.46. The van der Waals surface area contributed by atoms with Crippen molar-refractivity contribution in [3.05, 3.63) is 23.0 Å². The van der Waals surface area contributed by atoms with Crippen LogP contribution >= 0.6 is 11.6 Å². The standard InChI is InChI=1S/C9H7ClN2O/c10-9-8(13-7-1-2-7)6(5-11)3-4-12-9/h3-4,7H,1-2H2. The van der Waals surface area contributed by atoms with E-state index in [1.165, 1.54) is 6.20 Å². The lowest BCUT2D eigenvalue weighted by molar-refractivity contribution is 0.301. The number of aromatic nitrogens is 1. The van der Waals surface area contributed by atoms with Crippen LogP contribution in [0.1, 0.15) is 18.4 Å². The molecule has 1 heterocycles.